The van der Waals surface area contributed by atoms with E-state index in [0.29, 0.717) is 17.6 Å². The molecule has 4 nitrogen and oxygen atoms in total. The van der Waals surface area contributed by atoms with Gasteiger partial charge in [0.25, 0.3) is 5.91 Å². The molecule has 0 atom stereocenters. The first-order chi connectivity index (χ1) is 7.39. The maximum Gasteiger partial charge on any atom is 0.269 e. The van der Waals surface area contributed by atoms with Crippen LogP contribution in [0.1, 0.15) is 37.0 Å². The topological polar surface area (TPSA) is 46.9 Å². The zero-order valence-electron chi connectivity index (χ0n) is 10.2. The molecule has 0 bridgehead atoms. The SMILES string of the molecule is CCn1nc(C)cc1C(=O)NC(C)(C)CBr. The van der Waals surface area contributed by atoms with Gasteiger partial charge in [0.1, 0.15) is 5.69 Å². The highest BCUT2D eigenvalue weighted by atomic mass is 79.9. The van der Waals surface area contributed by atoms with Gasteiger partial charge in [-0.2, -0.15) is 5.10 Å². The molecule has 90 valence electrons. The fourth-order valence-corrected chi connectivity index (χ4v) is 1.51. The van der Waals surface area contributed by atoms with Gasteiger partial charge in [-0.15, -0.1) is 0 Å². The number of nitrogens with zero attached hydrogens (tertiary/aromatic N) is 2. The third-order valence-electron chi connectivity index (χ3n) is 2.22. The summed E-state index contributed by atoms with van der Waals surface area (Å²) in [6.45, 7) is 8.50. The largest absolute Gasteiger partial charge is 0.345 e. The first-order valence-electron chi connectivity index (χ1n) is 5.32. The molecule has 0 radical (unpaired) electrons. The van der Waals surface area contributed by atoms with Crippen LogP contribution in [-0.2, 0) is 6.54 Å². The fourth-order valence-electron chi connectivity index (χ4n) is 1.37. The predicted molar refractivity (Wildman–Crippen MR) is 68.0 cm³/mol. The van der Waals surface area contributed by atoms with E-state index in [1.54, 1.807) is 4.68 Å². The summed E-state index contributed by atoms with van der Waals surface area (Å²) < 4.78 is 1.72. The van der Waals surface area contributed by atoms with Crippen molar-refractivity contribution in [2.24, 2.45) is 0 Å². The fraction of sp³-hybridized carbons (Fsp3) is 0.636. The number of carbonyl (C=O) groups is 1. The molecule has 0 saturated carbocycles. The smallest absolute Gasteiger partial charge is 0.269 e. The maximum absolute atomic E-state index is 12.0. The second-order valence-corrected chi connectivity index (χ2v) is 5.02. The van der Waals surface area contributed by atoms with Crippen LogP contribution in [0.2, 0.25) is 0 Å². The highest BCUT2D eigenvalue weighted by Gasteiger charge is 2.22. The summed E-state index contributed by atoms with van der Waals surface area (Å²) in [6, 6.07) is 1.81. The van der Waals surface area contributed by atoms with E-state index in [9.17, 15) is 4.79 Å². The highest BCUT2D eigenvalue weighted by Crippen LogP contribution is 2.09. The Hall–Kier alpha value is -0.840. The predicted octanol–water partition coefficient (Wildman–Crippen LogP) is 2.11. The number of aryl methyl sites for hydroxylation is 2. The summed E-state index contributed by atoms with van der Waals surface area (Å²) in [5, 5.41) is 7.93. The van der Waals surface area contributed by atoms with Gasteiger partial charge in [-0.25, -0.2) is 0 Å². The molecule has 16 heavy (non-hydrogen) atoms. The third kappa shape index (κ3) is 3.07. The quantitative estimate of drug-likeness (QED) is 0.863. The van der Waals surface area contributed by atoms with Crippen LogP contribution in [-0.4, -0.2) is 26.6 Å². The van der Waals surface area contributed by atoms with E-state index in [4.69, 9.17) is 0 Å². The Morgan fingerprint density at radius 2 is 2.25 bits per heavy atom. The van der Waals surface area contributed by atoms with Gasteiger partial charge in [0.15, 0.2) is 0 Å². The van der Waals surface area contributed by atoms with Crippen LogP contribution in [0.5, 0.6) is 0 Å². The van der Waals surface area contributed by atoms with Crippen LogP contribution < -0.4 is 5.32 Å². The van der Waals surface area contributed by atoms with Crippen molar-refractivity contribution in [3.8, 4) is 0 Å². The van der Waals surface area contributed by atoms with E-state index in [-0.39, 0.29) is 11.4 Å². The molecule has 1 aromatic rings. The van der Waals surface area contributed by atoms with Crippen LogP contribution in [0.15, 0.2) is 6.07 Å². The van der Waals surface area contributed by atoms with Gasteiger partial charge in [0, 0.05) is 17.4 Å². The first kappa shape index (κ1) is 13.2. The molecule has 0 aliphatic rings. The Morgan fingerprint density at radius 1 is 1.62 bits per heavy atom. The monoisotopic (exact) mass is 287 g/mol. The molecular weight excluding hydrogens is 270 g/mol. The van der Waals surface area contributed by atoms with Gasteiger partial charge < -0.3 is 5.32 Å². The minimum Gasteiger partial charge on any atom is -0.345 e. The number of alkyl halides is 1. The average molecular weight is 288 g/mol. The number of hydrogen-bond acceptors (Lipinski definition) is 2. The summed E-state index contributed by atoms with van der Waals surface area (Å²) in [4.78, 5) is 12.0. The number of aromatic nitrogens is 2. The normalized spacial score (nSPS) is 11.6. The number of rotatable bonds is 4. The zero-order valence-corrected chi connectivity index (χ0v) is 11.8. The molecule has 0 saturated heterocycles. The van der Waals surface area contributed by atoms with Gasteiger partial charge in [0.2, 0.25) is 0 Å². The molecule has 0 unspecified atom stereocenters. The van der Waals surface area contributed by atoms with E-state index in [1.807, 2.05) is 33.8 Å². The lowest BCUT2D eigenvalue weighted by Gasteiger charge is -2.23. The number of nitrogens with one attached hydrogen (secondary N) is 1. The zero-order chi connectivity index (χ0) is 12.3. The van der Waals surface area contributed by atoms with E-state index < -0.39 is 0 Å². The lowest BCUT2D eigenvalue weighted by atomic mass is 10.1. The van der Waals surface area contributed by atoms with Gasteiger partial charge in [0.05, 0.1) is 5.69 Å². The van der Waals surface area contributed by atoms with Gasteiger partial charge >= 0.3 is 0 Å². The second kappa shape index (κ2) is 4.99. The van der Waals surface area contributed by atoms with Gasteiger partial charge in [-0.1, -0.05) is 15.9 Å². The Labute approximate surface area is 105 Å². The second-order valence-electron chi connectivity index (χ2n) is 4.46. The summed E-state index contributed by atoms with van der Waals surface area (Å²) in [7, 11) is 0. The Bertz CT molecular complexity index is 385. The minimum atomic E-state index is -0.256. The lowest BCUT2D eigenvalue weighted by Crippen LogP contribution is -2.45. The molecule has 0 aliphatic heterocycles. The van der Waals surface area contributed by atoms with Crippen molar-refractivity contribution in [1.29, 1.82) is 0 Å². The summed E-state index contributed by atoms with van der Waals surface area (Å²) >= 11 is 3.38. The molecule has 0 aromatic carbocycles. The van der Waals surface area contributed by atoms with Crippen molar-refractivity contribution >= 4 is 21.8 Å². The third-order valence-corrected chi connectivity index (χ3v) is 3.62. The standard InChI is InChI=1S/C11H18BrN3O/c1-5-15-9(6-8(2)14-15)10(16)13-11(3,4)7-12/h6H,5,7H2,1-4H3,(H,13,16). The molecule has 1 heterocycles. The van der Waals surface area contributed by atoms with Crippen molar-refractivity contribution < 1.29 is 4.79 Å². The molecule has 1 N–H and O–H groups in total. The molecule has 1 aromatic heterocycles. The lowest BCUT2D eigenvalue weighted by molar-refractivity contribution is 0.0910. The Morgan fingerprint density at radius 3 is 2.75 bits per heavy atom. The molecular formula is C11H18BrN3O. The van der Waals surface area contributed by atoms with Crippen LogP contribution in [0.25, 0.3) is 0 Å². The van der Waals surface area contributed by atoms with Crippen molar-refractivity contribution in [2.75, 3.05) is 5.33 Å². The molecule has 1 amide bonds. The maximum atomic E-state index is 12.0. The van der Waals surface area contributed by atoms with Crippen molar-refractivity contribution in [2.45, 2.75) is 39.8 Å². The summed E-state index contributed by atoms with van der Waals surface area (Å²) in [5.74, 6) is -0.0769. The van der Waals surface area contributed by atoms with Gasteiger partial charge in [-0.05, 0) is 33.8 Å². The Balaban J connectivity index is 2.88. The molecule has 0 aliphatic carbocycles. The van der Waals surface area contributed by atoms with Crippen molar-refractivity contribution in [1.82, 2.24) is 15.1 Å². The van der Waals surface area contributed by atoms with E-state index in [2.05, 4.69) is 26.3 Å². The number of carbonyl (C=O) groups excluding carboxylic acids is 1. The summed E-state index contributed by atoms with van der Waals surface area (Å²) in [6.07, 6.45) is 0. The van der Waals surface area contributed by atoms with Crippen LogP contribution in [0, 0.1) is 6.92 Å². The van der Waals surface area contributed by atoms with E-state index in [1.165, 1.54) is 0 Å². The van der Waals surface area contributed by atoms with Crippen molar-refractivity contribution in [3.63, 3.8) is 0 Å². The first-order valence-corrected chi connectivity index (χ1v) is 6.44. The average Bonchev–Trinajstić information content (AvgIpc) is 2.59. The molecule has 0 spiro atoms. The molecule has 0 fully saturated rings. The number of amides is 1. The number of hydrogen-bond donors (Lipinski definition) is 1. The van der Waals surface area contributed by atoms with E-state index >= 15 is 0 Å². The Kier molecular flexibility index (Phi) is 4.13. The highest BCUT2D eigenvalue weighted by molar-refractivity contribution is 9.09. The van der Waals surface area contributed by atoms with Crippen LogP contribution in [0.3, 0.4) is 0 Å². The van der Waals surface area contributed by atoms with Gasteiger partial charge in [-0.3, -0.25) is 9.48 Å². The van der Waals surface area contributed by atoms with Crippen LogP contribution >= 0.6 is 15.9 Å². The van der Waals surface area contributed by atoms with Crippen LogP contribution in [0.4, 0.5) is 0 Å². The molecule has 1 rings (SSSR count). The summed E-state index contributed by atoms with van der Waals surface area (Å²) in [5.41, 5.74) is 1.23. The molecule has 5 heteroatoms. The minimum absolute atomic E-state index is 0.0769. The number of halogens is 1. The van der Waals surface area contributed by atoms with Crippen molar-refractivity contribution in [3.05, 3.63) is 17.5 Å². The van der Waals surface area contributed by atoms with E-state index in [0.717, 1.165) is 5.69 Å².